The lowest BCUT2D eigenvalue weighted by molar-refractivity contribution is 0.495. The van der Waals surface area contributed by atoms with E-state index in [1.165, 1.54) is 0 Å². The highest BCUT2D eigenvalue weighted by atomic mass is 15.3. The number of hydrogen-bond acceptors (Lipinski definition) is 7. The predicted molar refractivity (Wildman–Crippen MR) is 131 cm³/mol. The monoisotopic (exact) mass is 445 g/mol. The van der Waals surface area contributed by atoms with E-state index in [4.69, 9.17) is 15.7 Å². The van der Waals surface area contributed by atoms with Crippen LogP contribution < -0.4 is 16.0 Å². The fourth-order valence-electron chi connectivity index (χ4n) is 4.38. The number of benzene rings is 1. The van der Waals surface area contributed by atoms with E-state index in [9.17, 15) is 0 Å². The van der Waals surface area contributed by atoms with E-state index in [2.05, 4.69) is 57.8 Å². The number of piperidine rings is 1. The number of nitrogens with two attached hydrogens (primary N) is 1. The second-order valence-corrected chi connectivity index (χ2v) is 8.99. The minimum absolute atomic E-state index is 0.0182. The summed E-state index contributed by atoms with van der Waals surface area (Å²) in [5.41, 5.74) is 9.92. The molecule has 0 saturated carbocycles. The summed E-state index contributed by atoms with van der Waals surface area (Å²) >= 11 is 0. The molecule has 9 nitrogen and oxygen atoms in total. The summed E-state index contributed by atoms with van der Waals surface area (Å²) in [6, 6.07) is 10.7. The van der Waals surface area contributed by atoms with E-state index in [-0.39, 0.29) is 18.1 Å². The molecule has 1 aliphatic rings. The number of nitrogens with zero attached hydrogens (tertiary/aromatic N) is 7. The van der Waals surface area contributed by atoms with Gasteiger partial charge >= 0.3 is 0 Å². The number of fused-ring (bicyclic) bond motifs is 1. The zero-order valence-corrected chi connectivity index (χ0v) is 19.4. The lowest BCUT2D eigenvalue weighted by atomic mass is 10.1. The quantitative estimate of drug-likeness (QED) is 0.466. The number of anilines is 2. The van der Waals surface area contributed by atoms with Crippen molar-refractivity contribution in [1.29, 1.82) is 0 Å². The maximum atomic E-state index is 6.13. The Kier molecular flexibility index (Phi) is 5.72. The number of rotatable bonds is 6. The minimum atomic E-state index is -0.0182. The lowest BCUT2D eigenvalue weighted by Gasteiger charge is -2.30. The van der Waals surface area contributed by atoms with Crippen molar-refractivity contribution < 1.29 is 0 Å². The van der Waals surface area contributed by atoms with Gasteiger partial charge in [-0.2, -0.15) is 15.1 Å². The van der Waals surface area contributed by atoms with E-state index >= 15 is 0 Å². The van der Waals surface area contributed by atoms with Gasteiger partial charge in [0.05, 0.1) is 18.1 Å². The summed E-state index contributed by atoms with van der Waals surface area (Å²) in [6.45, 7) is 8.13. The van der Waals surface area contributed by atoms with E-state index in [0.29, 0.717) is 0 Å². The Bertz CT molecular complexity index is 1220. The molecule has 5 rings (SSSR count). The van der Waals surface area contributed by atoms with Crippen LogP contribution in [0.15, 0.2) is 49.1 Å². The largest absolute Gasteiger partial charge is 0.361 e. The van der Waals surface area contributed by atoms with Gasteiger partial charge in [0.15, 0.2) is 17.0 Å². The highest BCUT2D eigenvalue weighted by Crippen LogP contribution is 2.30. The maximum Gasteiger partial charge on any atom is 0.229 e. The molecule has 9 heteroatoms. The summed E-state index contributed by atoms with van der Waals surface area (Å²) in [7, 11) is 0. The first-order valence-electron chi connectivity index (χ1n) is 11.6. The average molecular weight is 446 g/mol. The fourth-order valence-corrected chi connectivity index (χ4v) is 4.38. The van der Waals surface area contributed by atoms with Crippen molar-refractivity contribution >= 4 is 22.9 Å². The number of hydrogen-bond donors (Lipinski definition) is 2. The van der Waals surface area contributed by atoms with Crippen molar-refractivity contribution in [3.63, 3.8) is 0 Å². The Morgan fingerprint density at radius 2 is 1.85 bits per heavy atom. The van der Waals surface area contributed by atoms with Crippen LogP contribution in [-0.2, 0) is 0 Å². The first-order chi connectivity index (χ1) is 16.0. The van der Waals surface area contributed by atoms with E-state index in [1.54, 1.807) is 6.20 Å². The number of nitrogens with one attached hydrogen (secondary N) is 1. The van der Waals surface area contributed by atoms with E-state index in [1.807, 2.05) is 35.4 Å². The molecular weight excluding hydrogens is 414 g/mol. The van der Waals surface area contributed by atoms with E-state index < -0.39 is 0 Å². The van der Waals surface area contributed by atoms with Crippen LogP contribution in [0.5, 0.6) is 0 Å². The lowest BCUT2D eigenvalue weighted by Crippen LogP contribution is -2.40. The van der Waals surface area contributed by atoms with Crippen LogP contribution in [0.2, 0.25) is 0 Å². The van der Waals surface area contributed by atoms with Gasteiger partial charge in [0.1, 0.15) is 0 Å². The van der Waals surface area contributed by atoms with Gasteiger partial charge in [0, 0.05) is 37.6 Å². The molecule has 4 heterocycles. The molecular formula is C24H31N9. The van der Waals surface area contributed by atoms with Crippen molar-refractivity contribution in [2.75, 3.05) is 23.3 Å². The van der Waals surface area contributed by atoms with Gasteiger partial charge in [0.2, 0.25) is 5.95 Å². The van der Waals surface area contributed by atoms with Crippen molar-refractivity contribution in [2.45, 2.75) is 51.7 Å². The average Bonchev–Trinajstić information content (AvgIpc) is 3.50. The highest BCUT2D eigenvalue weighted by Gasteiger charge is 2.23. The van der Waals surface area contributed by atoms with Gasteiger partial charge in [-0.25, -0.2) is 9.67 Å². The third-order valence-electron chi connectivity index (χ3n) is 6.30. The van der Waals surface area contributed by atoms with E-state index in [0.717, 1.165) is 60.1 Å². The van der Waals surface area contributed by atoms with Gasteiger partial charge in [-0.15, -0.1) is 0 Å². The summed E-state index contributed by atoms with van der Waals surface area (Å²) in [4.78, 5) is 16.8. The molecule has 1 fully saturated rings. The molecule has 1 saturated heterocycles. The Balaban J connectivity index is 1.54. The number of para-hydroxylation sites is 1. The molecule has 172 valence electrons. The standard InChI is InChI=1S/C24H31N9/c1-16(2)32-15-26-21-22(29-24(30-23(21)32)31-13-9-18(25)10-14-31)28-17(3)19-7-4-5-8-20(19)33-12-6-11-27-33/h4-8,11-12,15-18H,9-10,13-14,25H2,1-3H3,(H,28,29,30). The molecule has 0 amide bonds. The van der Waals surface area contributed by atoms with Gasteiger partial charge in [-0.1, -0.05) is 18.2 Å². The number of imidazole rings is 1. The Morgan fingerprint density at radius 3 is 2.58 bits per heavy atom. The maximum absolute atomic E-state index is 6.13. The molecule has 1 atom stereocenters. The Morgan fingerprint density at radius 1 is 1.06 bits per heavy atom. The predicted octanol–water partition coefficient (Wildman–Crippen LogP) is 3.69. The second kappa shape index (κ2) is 8.82. The van der Waals surface area contributed by atoms with Gasteiger partial charge in [-0.05, 0) is 51.3 Å². The molecule has 4 aromatic rings. The third kappa shape index (κ3) is 4.16. The molecule has 3 aromatic heterocycles. The van der Waals surface area contributed by atoms with Crippen LogP contribution in [0.25, 0.3) is 16.9 Å². The summed E-state index contributed by atoms with van der Waals surface area (Å²) in [5.74, 6) is 1.47. The van der Waals surface area contributed by atoms with Crippen LogP contribution in [0.3, 0.4) is 0 Å². The van der Waals surface area contributed by atoms with Crippen LogP contribution in [0, 0.1) is 0 Å². The third-order valence-corrected chi connectivity index (χ3v) is 6.30. The SMILES string of the molecule is CC(Nc1nc(N2CCC(N)CC2)nc2c1ncn2C(C)C)c1ccccc1-n1cccn1. The van der Waals surface area contributed by atoms with Gasteiger partial charge in [0.25, 0.3) is 0 Å². The summed E-state index contributed by atoms with van der Waals surface area (Å²) in [5, 5.41) is 8.05. The molecule has 1 unspecified atom stereocenters. The zero-order chi connectivity index (χ0) is 22.9. The summed E-state index contributed by atoms with van der Waals surface area (Å²) in [6.07, 6.45) is 7.49. The molecule has 0 bridgehead atoms. The Hall–Kier alpha value is -3.46. The highest BCUT2D eigenvalue weighted by molar-refractivity contribution is 5.84. The van der Waals surface area contributed by atoms with Crippen LogP contribution >= 0.6 is 0 Å². The zero-order valence-electron chi connectivity index (χ0n) is 19.4. The van der Waals surface area contributed by atoms with Crippen molar-refractivity contribution in [1.82, 2.24) is 29.3 Å². The normalized spacial score (nSPS) is 16.0. The van der Waals surface area contributed by atoms with Gasteiger partial charge in [-0.3, -0.25) is 0 Å². The second-order valence-electron chi connectivity index (χ2n) is 8.99. The smallest absolute Gasteiger partial charge is 0.229 e. The summed E-state index contributed by atoms with van der Waals surface area (Å²) < 4.78 is 3.99. The van der Waals surface area contributed by atoms with Crippen LogP contribution in [0.1, 0.15) is 51.3 Å². The molecule has 33 heavy (non-hydrogen) atoms. The first kappa shape index (κ1) is 21.4. The fraction of sp³-hybridized carbons (Fsp3) is 0.417. The minimum Gasteiger partial charge on any atom is -0.361 e. The molecule has 3 N–H and O–H groups in total. The van der Waals surface area contributed by atoms with Crippen molar-refractivity contribution in [3.05, 3.63) is 54.6 Å². The first-order valence-corrected chi connectivity index (χ1v) is 11.6. The topological polar surface area (TPSA) is 103 Å². The molecule has 0 radical (unpaired) electrons. The molecule has 1 aromatic carbocycles. The van der Waals surface area contributed by atoms with Crippen LogP contribution in [-0.4, -0.2) is 48.4 Å². The Labute approximate surface area is 193 Å². The molecule has 0 spiro atoms. The van der Waals surface area contributed by atoms with Crippen LogP contribution in [0.4, 0.5) is 11.8 Å². The molecule has 0 aliphatic carbocycles. The molecule has 1 aliphatic heterocycles. The number of aromatic nitrogens is 6. The van der Waals surface area contributed by atoms with Gasteiger partial charge < -0.3 is 20.5 Å². The van der Waals surface area contributed by atoms with Crippen molar-refractivity contribution in [3.8, 4) is 5.69 Å². The van der Waals surface area contributed by atoms with Crippen molar-refractivity contribution in [2.24, 2.45) is 5.73 Å².